The molecule has 4 heteroatoms. The fourth-order valence-electron chi connectivity index (χ4n) is 2.50. The van der Waals surface area contributed by atoms with Gasteiger partial charge in [0.05, 0.1) is 6.04 Å². The molecule has 1 aromatic carbocycles. The summed E-state index contributed by atoms with van der Waals surface area (Å²) in [6.07, 6.45) is 2.66. The van der Waals surface area contributed by atoms with Gasteiger partial charge in [0.25, 0.3) is 0 Å². The van der Waals surface area contributed by atoms with Gasteiger partial charge in [-0.3, -0.25) is 0 Å². The van der Waals surface area contributed by atoms with Crippen LogP contribution < -0.4 is 0 Å². The number of hydrogen-bond donors (Lipinski definition) is 0. The van der Waals surface area contributed by atoms with Gasteiger partial charge in [-0.05, 0) is 57.7 Å². The summed E-state index contributed by atoms with van der Waals surface area (Å²) < 4.78 is 18.5. The molecule has 0 bridgehead atoms. The summed E-state index contributed by atoms with van der Waals surface area (Å²) in [5.41, 5.74) is 0.471. The molecule has 1 amide bonds. The molecule has 0 spiro atoms. The summed E-state index contributed by atoms with van der Waals surface area (Å²) in [6, 6.07) is 6.37. The third-order valence-corrected chi connectivity index (χ3v) is 3.39. The van der Waals surface area contributed by atoms with Gasteiger partial charge in [0.2, 0.25) is 0 Å². The number of hydrogen-bond acceptors (Lipinski definition) is 2. The van der Waals surface area contributed by atoms with E-state index in [-0.39, 0.29) is 18.0 Å². The van der Waals surface area contributed by atoms with Crippen molar-refractivity contribution in [3.05, 3.63) is 35.6 Å². The Bertz CT molecular complexity index is 464. The van der Waals surface area contributed by atoms with Crippen molar-refractivity contribution >= 4 is 6.09 Å². The molecule has 0 aromatic heterocycles. The van der Waals surface area contributed by atoms with Crippen molar-refractivity contribution < 1.29 is 13.9 Å². The first-order valence-electron chi connectivity index (χ1n) is 7.12. The smallest absolute Gasteiger partial charge is 0.410 e. The molecular formula is C16H22FNO2. The Morgan fingerprint density at radius 3 is 2.50 bits per heavy atom. The van der Waals surface area contributed by atoms with Gasteiger partial charge in [-0.1, -0.05) is 12.1 Å². The molecule has 1 fully saturated rings. The molecule has 1 saturated heterocycles. The Balaban J connectivity index is 2.16. The van der Waals surface area contributed by atoms with Crippen molar-refractivity contribution in [3.8, 4) is 0 Å². The van der Waals surface area contributed by atoms with Crippen molar-refractivity contribution in [3.63, 3.8) is 0 Å². The Morgan fingerprint density at radius 1 is 1.25 bits per heavy atom. The standard InChI is InChI=1S/C16H22FNO2/c1-16(2,3)20-15(19)18-11-5-4-6-14(18)12-7-9-13(17)10-8-12/h7-10,14H,4-6,11H2,1-3H3/t14-/m0/s1. The molecule has 1 heterocycles. The number of carbonyl (C=O) groups is 1. The van der Waals surface area contributed by atoms with Gasteiger partial charge in [0, 0.05) is 6.54 Å². The molecule has 0 unspecified atom stereocenters. The lowest BCUT2D eigenvalue weighted by Crippen LogP contribution is -2.41. The molecule has 20 heavy (non-hydrogen) atoms. The van der Waals surface area contributed by atoms with Crippen molar-refractivity contribution in [2.24, 2.45) is 0 Å². The maximum absolute atomic E-state index is 13.0. The minimum Gasteiger partial charge on any atom is -0.444 e. The predicted octanol–water partition coefficient (Wildman–Crippen LogP) is 4.29. The number of nitrogens with zero attached hydrogens (tertiary/aromatic N) is 1. The zero-order chi connectivity index (χ0) is 14.8. The number of rotatable bonds is 1. The summed E-state index contributed by atoms with van der Waals surface area (Å²) in [7, 11) is 0. The first-order valence-corrected chi connectivity index (χ1v) is 7.12. The van der Waals surface area contributed by atoms with Gasteiger partial charge < -0.3 is 9.64 Å². The molecule has 1 aliphatic rings. The molecule has 0 aliphatic carbocycles. The van der Waals surface area contributed by atoms with Gasteiger partial charge in [0.1, 0.15) is 11.4 Å². The maximum Gasteiger partial charge on any atom is 0.410 e. The van der Waals surface area contributed by atoms with E-state index in [4.69, 9.17) is 4.74 Å². The predicted molar refractivity (Wildman–Crippen MR) is 75.9 cm³/mol. The van der Waals surface area contributed by atoms with E-state index in [1.54, 1.807) is 17.0 Å². The average Bonchev–Trinajstić information content (AvgIpc) is 2.38. The van der Waals surface area contributed by atoms with Crippen LogP contribution in [0.4, 0.5) is 9.18 Å². The highest BCUT2D eigenvalue weighted by atomic mass is 19.1. The second-order valence-electron chi connectivity index (χ2n) is 6.24. The van der Waals surface area contributed by atoms with E-state index < -0.39 is 5.60 Å². The van der Waals surface area contributed by atoms with Gasteiger partial charge in [0.15, 0.2) is 0 Å². The first kappa shape index (κ1) is 14.8. The van der Waals surface area contributed by atoms with E-state index in [9.17, 15) is 9.18 Å². The molecule has 110 valence electrons. The number of ether oxygens (including phenoxy) is 1. The third-order valence-electron chi connectivity index (χ3n) is 3.39. The zero-order valence-corrected chi connectivity index (χ0v) is 12.4. The van der Waals surface area contributed by atoms with Gasteiger partial charge >= 0.3 is 6.09 Å². The highest BCUT2D eigenvalue weighted by Crippen LogP contribution is 2.32. The molecule has 0 saturated carbocycles. The van der Waals surface area contributed by atoms with Crippen LogP contribution in [0.2, 0.25) is 0 Å². The monoisotopic (exact) mass is 279 g/mol. The summed E-state index contributed by atoms with van der Waals surface area (Å²) >= 11 is 0. The summed E-state index contributed by atoms with van der Waals surface area (Å²) in [6.45, 7) is 6.28. The number of amides is 1. The lowest BCUT2D eigenvalue weighted by molar-refractivity contribution is 0.00951. The van der Waals surface area contributed by atoms with E-state index in [0.717, 1.165) is 24.8 Å². The van der Waals surface area contributed by atoms with Gasteiger partial charge in [-0.15, -0.1) is 0 Å². The summed E-state index contributed by atoms with van der Waals surface area (Å²) in [4.78, 5) is 14.1. The van der Waals surface area contributed by atoms with E-state index in [1.807, 2.05) is 20.8 Å². The zero-order valence-electron chi connectivity index (χ0n) is 12.4. The van der Waals surface area contributed by atoms with E-state index >= 15 is 0 Å². The number of piperidine rings is 1. The van der Waals surface area contributed by atoms with Crippen LogP contribution in [0.25, 0.3) is 0 Å². The van der Waals surface area contributed by atoms with Crippen molar-refractivity contribution in [2.45, 2.75) is 51.7 Å². The second kappa shape index (κ2) is 5.81. The van der Waals surface area contributed by atoms with Crippen LogP contribution in [0.1, 0.15) is 51.6 Å². The fourth-order valence-corrected chi connectivity index (χ4v) is 2.50. The Hall–Kier alpha value is -1.58. The van der Waals surface area contributed by atoms with Gasteiger partial charge in [-0.25, -0.2) is 9.18 Å². The summed E-state index contributed by atoms with van der Waals surface area (Å²) in [5, 5.41) is 0. The highest BCUT2D eigenvalue weighted by Gasteiger charge is 2.31. The molecule has 1 aromatic rings. The normalized spacial score (nSPS) is 19.8. The SMILES string of the molecule is CC(C)(C)OC(=O)N1CCCC[C@H]1c1ccc(F)cc1. The largest absolute Gasteiger partial charge is 0.444 e. The lowest BCUT2D eigenvalue weighted by atomic mass is 9.95. The minimum atomic E-state index is -0.498. The first-order chi connectivity index (χ1) is 9.37. The molecule has 0 N–H and O–H groups in total. The van der Waals surface area contributed by atoms with E-state index in [1.165, 1.54) is 12.1 Å². The molecule has 1 aliphatic heterocycles. The highest BCUT2D eigenvalue weighted by molar-refractivity contribution is 5.69. The molecule has 1 atom stereocenters. The van der Waals surface area contributed by atoms with Crippen LogP contribution >= 0.6 is 0 Å². The van der Waals surface area contributed by atoms with Crippen LogP contribution in [0.15, 0.2) is 24.3 Å². The van der Waals surface area contributed by atoms with Crippen molar-refractivity contribution in [1.29, 1.82) is 0 Å². The molecular weight excluding hydrogens is 257 g/mol. The quantitative estimate of drug-likeness (QED) is 0.767. The van der Waals surface area contributed by atoms with Crippen LogP contribution in [0.5, 0.6) is 0 Å². The number of halogens is 1. The Kier molecular flexibility index (Phi) is 4.31. The van der Waals surface area contributed by atoms with Crippen LogP contribution in [-0.4, -0.2) is 23.1 Å². The Morgan fingerprint density at radius 2 is 1.90 bits per heavy atom. The van der Waals surface area contributed by atoms with Crippen molar-refractivity contribution in [1.82, 2.24) is 4.90 Å². The van der Waals surface area contributed by atoms with Gasteiger partial charge in [-0.2, -0.15) is 0 Å². The summed E-state index contributed by atoms with van der Waals surface area (Å²) in [5.74, 6) is -0.256. The fraction of sp³-hybridized carbons (Fsp3) is 0.562. The van der Waals surface area contributed by atoms with Crippen LogP contribution in [0, 0.1) is 5.82 Å². The number of likely N-dealkylation sites (tertiary alicyclic amines) is 1. The van der Waals surface area contributed by atoms with Crippen LogP contribution in [-0.2, 0) is 4.74 Å². The van der Waals surface area contributed by atoms with Crippen LogP contribution in [0.3, 0.4) is 0 Å². The number of carbonyl (C=O) groups excluding carboxylic acids is 1. The number of benzene rings is 1. The topological polar surface area (TPSA) is 29.5 Å². The molecule has 3 nitrogen and oxygen atoms in total. The Labute approximate surface area is 119 Å². The second-order valence-corrected chi connectivity index (χ2v) is 6.24. The molecule has 0 radical (unpaired) electrons. The average molecular weight is 279 g/mol. The maximum atomic E-state index is 13.0. The van der Waals surface area contributed by atoms with E-state index in [0.29, 0.717) is 6.54 Å². The van der Waals surface area contributed by atoms with E-state index in [2.05, 4.69) is 0 Å². The minimum absolute atomic E-state index is 0.0146. The lowest BCUT2D eigenvalue weighted by Gasteiger charge is -2.37. The van der Waals surface area contributed by atoms with Crippen molar-refractivity contribution in [2.75, 3.05) is 6.54 Å². The molecule has 2 rings (SSSR count). The third kappa shape index (κ3) is 3.71.